The SMILES string of the molecule is O=c1[nH]c(=O)n([C@@H]2O[C@](CCl)(COCc3ccccc3)[C@@H](OCc3ccccc3)[C@H]2O)cc1F. The number of ether oxygens (including phenoxy) is 3. The van der Waals surface area contributed by atoms with E-state index in [1.165, 1.54) is 0 Å². The largest absolute Gasteiger partial charge is 0.386 e. The molecule has 10 heteroatoms. The molecule has 1 aromatic heterocycles. The van der Waals surface area contributed by atoms with Gasteiger partial charge in [0.05, 0.1) is 31.9 Å². The quantitative estimate of drug-likeness (QED) is 0.446. The molecule has 0 spiro atoms. The van der Waals surface area contributed by atoms with E-state index < -0.39 is 41.1 Å². The second-order valence-electron chi connectivity index (χ2n) is 8.04. The molecule has 2 aromatic carbocycles. The van der Waals surface area contributed by atoms with Crippen LogP contribution in [0.4, 0.5) is 4.39 Å². The maximum atomic E-state index is 13.9. The topological polar surface area (TPSA) is 103 Å². The predicted molar refractivity (Wildman–Crippen MR) is 122 cm³/mol. The van der Waals surface area contributed by atoms with Gasteiger partial charge < -0.3 is 19.3 Å². The number of benzene rings is 2. The van der Waals surface area contributed by atoms with Gasteiger partial charge in [-0.15, -0.1) is 11.6 Å². The molecule has 4 rings (SSSR count). The molecule has 2 N–H and O–H groups in total. The molecule has 1 fully saturated rings. The molecule has 180 valence electrons. The van der Waals surface area contributed by atoms with E-state index in [1.54, 1.807) is 0 Å². The van der Waals surface area contributed by atoms with Crippen LogP contribution in [0.15, 0.2) is 76.4 Å². The summed E-state index contributed by atoms with van der Waals surface area (Å²) in [5.74, 6) is -1.34. The van der Waals surface area contributed by atoms with Crippen LogP contribution in [0.1, 0.15) is 17.4 Å². The van der Waals surface area contributed by atoms with Crippen molar-refractivity contribution in [2.75, 3.05) is 12.5 Å². The van der Waals surface area contributed by atoms with Crippen molar-refractivity contribution in [3.63, 3.8) is 0 Å². The van der Waals surface area contributed by atoms with Gasteiger partial charge in [-0.1, -0.05) is 60.7 Å². The van der Waals surface area contributed by atoms with Crippen molar-refractivity contribution < 1.29 is 23.7 Å². The molecule has 0 aliphatic carbocycles. The third-order valence-electron chi connectivity index (χ3n) is 5.63. The Morgan fingerprint density at radius 3 is 2.29 bits per heavy atom. The van der Waals surface area contributed by atoms with Crippen molar-refractivity contribution in [3.8, 4) is 0 Å². The van der Waals surface area contributed by atoms with E-state index in [0.29, 0.717) is 6.20 Å². The van der Waals surface area contributed by atoms with Gasteiger partial charge in [0.25, 0.3) is 5.56 Å². The minimum Gasteiger partial charge on any atom is -0.386 e. The number of hydrogen-bond acceptors (Lipinski definition) is 6. The summed E-state index contributed by atoms with van der Waals surface area (Å²) in [6.45, 7) is 0.312. The van der Waals surface area contributed by atoms with Crippen LogP contribution in [0.2, 0.25) is 0 Å². The smallest absolute Gasteiger partial charge is 0.330 e. The summed E-state index contributed by atoms with van der Waals surface area (Å²) < 4.78 is 32.7. The molecule has 2 heterocycles. The number of aliphatic hydroxyl groups is 1. The molecule has 4 atom stereocenters. The first-order valence-corrected chi connectivity index (χ1v) is 11.2. The van der Waals surface area contributed by atoms with Gasteiger partial charge in [-0.2, -0.15) is 4.39 Å². The fraction of sp³-hybridized carbons (Fsp3) is 0.333. The number of hydrogen-bond donors (Lipinski definition) is 2. The highest BCUT2D eigenvalue weighted by molar-refractivity contribution is 6.18. The molecule has 1 saturated heterocycles. The lowest BCUT2D eigenvalue weighted by Gasteiger charge is -2.32. The summed E-state index contributed by atoms with van der Waals surface area (Å²) >= 11 is 6.32. The summed E-state index contributed by atoms with van der Waals surface area (Å²) in [5, 5.41) is 11.1. The number of rotatable bonds is 9. The zero-order chi connectivity index (χ0) is 24.1. The maximum absolute atomic E-state index is 13.9. The number of H-pyrrole nitrogens is 1. The van der Waals surface area contributed by atoms with Crippen molar-refractivity contribution in [2.24, 2.45) is 0 Å². The number of aromatic amines is 1. The van der Waals surface area contributed by atoms with Crippen LogP contribution in [0.25, 0.3) is 0 Å². The lowest BCUT2D eigenvalue weighted by molar-refractivity contribution is -0.145. The number of nitrogens with zero attached hydrogens (tertiary/aromatic N) is 1. The van der Waals surface area contributed by atoms with E-state index in [2.05, 4.69) is 0 Å². The van der Waals surface area contributed by atoms with Crippen molar-refractivity contribution in [2.45, 2.75) is 37.3 Å². The number of aromatic nitrogens is 2. The maximum Gasteiger partial charge on any atom is 0.330 e. The summed E-state index contributed by atoms with van der Waals surface area (Å²) in [6.07, 6.45) is -3.10. The molecular weight excluding hydrogens is 467 g/mol. The van der Waals surface area contributed by atoms with Gasteiger partial charge >= 0.3 is 5.69 Å². The Bertz CT molecular complexity index is 1210. The fourth-order valence-electron chi connectivity index (χ4n) is 3.90. The molecule has 1 aliphatic heterocycles. The highest BCUT2D eigenvalue weighted by Gasteiger charge is 2.56. The summed E-state index contributed by atoms with van der Waals surface area (Å²) in [4.78, 5) is 25.7. The Kier molecular flexibility index (Phi) is 7.60. The van der Waals surface area contributed by atoms with Gasteiger partial charge in [-0.25, -0.2) is 4.79 Å². The molecule has 1 aliphatic rings. The third-order valence-corrected chi connectivity index (χ3v) is 6.08. The van der Waals surface area contributed by atoms with Crippen molar-refractivity contribution in [1.82, 2.24) is 9.55 Å². The van der Waals surface area contributed by atoms with Crippen LogP contribution in [0.5, 0.6) is 0 Å². The Labute approximate surface area is 199 Å². The zero-order valence-corrected chi connectivity index (χ0v) is 18.9. The van der Waals surface area contributed by atoms with Gasteiger partial charge in [0, 0.05) is 0 Å². The number of aliphatic hydroxyl groups excluding tert-OH is 1. The standard InChI is InChI=1S/C24H24ClFN2O6/c25-14-24(15-32-12-16-7-3-1-4-8-16)20(33-13-17-9-5-2-6-10-17)19(29)22(34-24)28-11-18(26)21(30)27-23(28)31/h1-11,19-20,22,29H,12-15H2,(H,27,30,31)/t19-,20+,22-,24-/m1/s1. The van der Waals surface area contributed by atoms with Crippen LogP contribution < -0.4 is 11.2 Å². The van der Waals surface area contributed by atoms with E-state index in [9.17, 15) is 19.1 Å². The zero-order valence-electron chi connectivity index (χ0n) is 18.1. The molecule has 3 aromatic rings. The fourth-order valence-corrected chi connectivity index (χ4v) is 4.19. The van der Waals surface area contributed by atoms with Crippen LogP contribution in [-0.4, -0.2) is 45.0 Å². The molecule has 34 heavy (non-hydrogen) atoms. The Balaban J connectivity index is 1.61. The number of halogens is 2. The summed E-state index contributed by atoms with van der Waals surface area (Å²) in [6, 6.07) is 18.7. The number of alkyl halides is 1. The van der Waals surface area contributed by atoms with E-state index in [1.807, 2.05) is 65.6 Å². The minimum absolute atomic E-state index is 0.0704. The highest BCUT2D eigenvalue weighted by Crippen LogP contribution is 2.40. The average molecular weight is 491 g/mol. The van der Waals surface area contributed by atoms with E-state index in [4.69, 9.17) is 25.8 Å². The highest BCUT2D eigenvalue weighted by atomic mass is 35.5. The van der Waals surface area contributed by atoms with Crippen LogP contribution in [0, 0.1) is 5.82 Å². The molecule has 0 radical (unpaired) electrons. The van der Waals surface area contributed by atoms with E-state index in [-0.39, 0.29) is 25.7 Å². The lowest BCUT2D eigenvalue weighted by atomic mass is 9.97. The van der Waals surface area contributed by atoms with Gasteiger partial charge in [0.2, 0.25) is 5.82 Å². The Hall–Kier alpha value is -2.82. The molecule has 0 bridgehead atoms. The Morgan fingerprint density at radius 1 is 1.06 bits per heavy atom. The first-order valence-electron chi connectivity index (χ1n) is 10.6. The average Bonchev–Trinajstić information content (AvgIpc) is 3.13. The van der Waals surface area contributed by atoms with Crippen LogP contribution >= 0.6 is 11.6 Å². The van der Waals surface area contributed by atoms with Crippen molar-refractivity contribution in [1.29, 1.82) is 0 Å². The molecule has 0 saturated carbocycles. The van der Waals surface area contributed by atoms with Gasteiger partial charge in [0.1, 0.15) is 17.8 Å². The predicted octanol–water partition coefficient (Wildman–Crippen LogP) is 2.35. The molecular formula is C24H24ClFN2O6. The third kappa shape index (κ3) is 5.13. The molecule has 0 amide bonds. The number of nitrogens with one attached hydrogen (secondary N) is 1. The first-order chi connectivity index (χ1) is 16.4. The van der Waals surface area contributed by atoms with Crippen LogP contribution in [0.3, 0.4) is 0 Å². The van der Waals surface area contributed by atoms with Crippen LogP contribution in [-0.2, 0) is 27.4 Å². The summed E-state index contributed by atoms with van der Waals surface area (Å²) in [5.41, 5.74) is -1.70. The molecule has 0 unspecified atom stereocenters. The van der Waals surface area contributed by atoms with Crippen molar-refractivity contribution >= 4 is 11.6 Å². The monoisotopic (exact) mass is 490 g/mol. The first kappa shape index (κ1) is 24.3. The normalized spacial score (nSPS) is 24.4. The van der Waals surface area contributed by atoms with E-state index in [0.717, 1.165) is 15.7 Å². The van der Waals surface area contributed by atoms with Crippen molar-refractivity contribution in [3.05, 3.63) is 105 Å². The van der Waals surface area contributed by atoms with Gasteiger partial charge in [-0.3, -0.25) is 14.3 Å². The Morgan fingerprint density at radius 2 is 1.68 bits per heavy atom. The minimum atomic E-state index is -1.41. The molecule has 8 nitrogen and oxygen atoms in total. The van der Waals surface area contributed by atoms with E-state index >= 15 is 0 Å². The summed E-state index contributed by atoms with van der Waals surface area (Å²) in [7, 11) is 0. The second-order valence-corrected chi connectivity index (χ2v) is 8.30. The lowest BCUT2D eigenvalue weighted by Crippen LogP contribution is -2.50. The van der Waals surface area contributed by atoms with Gasteiger partial charge in [-0.05, 0) is 11.1 Å². The second kappa shape index (κ2) is 10.6. The van der Waals surface area contributed by atoms with Gasteiger partial charge in [0.15, 0.2) is 6.23 Å².